The van der Waals surface area contributed by atoms with Crippen LogP contribution in [0.4, 0.5) is 0 Å². The molecule has 1 amide bonds. The molecule has 2 unspecified atom stereocenters. The standard InChI is InChI=1S/C22H21NO5S/c1-3-19(29(26,27)23-20(24)4-2)16-12-10-15(11-13-16)18-14-28-22(25)21(18)17-8-6-5-7-9-17/h3,5-14,19,21H,1,4H2,2H3,(H,23,24). The van der Waals surface area contributed by atoms with Gasteiger partial charge >= 0.3 is 5.97 Å². The molecule has 0 spiro atoms. The number of ether oxygens (including phenoxy) is 1. The minimum atomic E-state index is -3.94. The molecule has 6 nitrogen and oxygen atoms in total. The number of cyclic esters (lactones) is 1. The van der Waals surface area contributed by atoms with Crippen LogP contribution >= 0.6 is 0 Å². The molecule has 7 heteroatoms. The van der Waals surface area contributed by atoms with Crippen molar-refractivity contribution in [2.24, 2.45) is 0 Å². The van der Waals surface area contributed by atoms with Crippen LogP contribution in [0.5, 0.6) is 0 Å². The van der Waals surface area contributed by atoms with Crippen molar-refractivity contribution in [3.05, 3.63) is 90.2 Å². The average Bonchev–Trinajstić information content (AvgIpc) is 3.10. The van der Waals surface area contributed by atoms with Crippen molar-refractivity contribution >= 4 is 27.5 Å². The Balaban J connectivity index is 1.89. The zero-order valence-corrected chi connectivity index (χ0v) is 16.7. The highest BCUT2D eigenvalue weighted by atomic mass is 32.2. The predicted octanol–water partition coefficient (Wildman–Crippen LogP) is 3.45. The van der Waals surface area contributed by atoms with Crippen LogP contribution in [-0.2, 0) is 24.3 Å². The van der Waals surface area contributed by atoms with Gasteiger partial charge in [-0.15, -0.1) is 6.58 Å². The van der Waals surface area contributed by atoms with Crippen molar-refractivity contribution in [1.29, 1.82) is 0 Å². The van der Waals surface area contributed by atoms with E-state index in [0.29, 0.717) is 11.1 Å². The minimum Gasteiger partial charge on any atom is -0.433 e. The summed E-state index contributed by atoms with van der Waals surface area (Å²) in [6, 6.07) is 16.0. The molecule has 3 rings (SSSR count). The molecule has 0 saturated carbocycles. The Morgan fingerprint density at radius 2 is 1.83 bits per heavy atom. The Morgan fingerprint density at radius 1 is 1.17 bits per heavy atom. The summed E-state index contributed by atoms with van der Waals surface area (Å²) in [4.78, 5) is 23.8. The van der Waals surface area contributed by atoms with E-state index < -0.39 is 27.1 Å². The van der Waals surface area contributed by atoms with E-state index in [1.165, 1.54) is 12.3 Å². The van der Waals surface area contributed by atoms with Crippen LogP contribution in [0.1, 0.15) is 41.2 Å². The molecule has 1 aliphatic heterocycles. The highest BCUT2D eigenvalue weighted by Crippen LogP contribution is 2.38. The lowest BCUT2D eigenvalue weighted by Crippen LogP contribution is -2.33. The number of benzene rings is 2. The van der Waals surface area contributed by atoms with Crippen molar-refractivity contribution in [3.8, 4) is 0 Å². The second-order valence-corrected chi connectivity index (χ2v) is 8.36. The first-order valence-corrected chi connectivity index (χ1v) is 10.6. The number of carbonyl (C=O) groups is 2. The SMILES string of the molecule is C=CC(c1ccc(C2=COC(=O)C2c2ccccc2)cc1)S(=O)(=O)NC(=O)CC. The molecule has 150 valence electrons. The first-order chi connectivity index (χ1) is 13.9. The van der Waals surface area contributed by atoms with Gasteiger partial charge in [0.1, 0.15) is 11.2 Å². The topological polar surface area (TPSA) is 89.5 Å². The highest BCUT2D eigenvalue weighted by Gasteiger charge is 2.33. The van der Waals surface area contributed by atoms with Gasteiger partial charge in [-0.3, -0.25) is 14.3 Å². The molecule has 0 fully saturated rings. The van der Waals surface area contributed by atoms with Gasteiger partial charge in [-0.25, -0.2) is 8.42 Å². The fourth-order valence-corrected chi connectivity index (χ4v) is 4.54. The third kappa shape index (κ3) is 4.30. The van der Waals surface area contributed by atoms with Crippen molar-refractivity contribution < 1.29 is 22.7 Å². The van der Waals surface area contributed by atoms with Crippen molar-refractivity contribution in [1.82, 2.24) is 4.72 Å². The lowest BCUT2D eigenvalue weighted by molar-refractivity contribution is -0.136. The molecule has 1 heterocycles. The number of rotatable bonds is 7. The molecule has 2 atom stereocenters. The maximum absolute atomic E-state index is 12.5. The lowest BCUT2D eigenvalue weighted by Gasteiger charge is -2.16. The normalized spacial score (nSPS) is 17.2. The Hall–Kier alpha value is -3.19. The van der Waals surface area contributed by atoms with Gasteiger partial charge in [-0.2, -0.15) is 0 Å². The fourth-order valence-electron chi connectivity index (χ4n) is 3.18. The van der Waals surface area contributed by atoms with E-state index in [4.69, 9.17) is 4.74 Å². The monoisotopic (exact) mass is 411 g/mol. The van der Waals surface area contributed by atoms with E-state index in [-0.39, 0.29) is 12.4 Å². The molecule has 0 aliphatic carbocycles. The van der Waals surface area contributed by atoms with Crippen molar-refractivity contribution in [2.45, 2.75) is 24.5 Å². The van der Waals surface area contributed by atoms with Crippen LogP contribution in [0, 0.1) is 0 Å². The Morgan fingerprint density at radius 3 is 2.41 bits per heavy atom. The second-order valence-electron chi connectivity index (χ2n) is 6.56. The van der Waals surface area contributed by atoms with Gasteiger partial charge in [-0.05, 0) is 16.7 Å². The van der Waals surface area contributed by atoms with Crippen molar-refractivity contribution in [2.75, 3.05) is 0 Å². The Labute approximate surface area is 170 Å². The van der Waals surface area contributed by atoms with Gasteiger partial charge < -0.3 is 4.74 Å². The third-order valence-corrected chi connectivity index (χ3v) is 6.33. The molecule has 0 radical (unpaired) electrons. The summed E-state index contributed by atoms with van der Waals surface area (Å²) in [6.45, 7) is 5.17. The number of sulfonamides is 1. The molecular formula is C22H21NO5S. The van der Waals surface area contributed by atoms with E-state index >= 15 is 0 Å². The minimum absolute atomic E-state index is 0.0606. The fraction of sp³-hybridized carbons (Fsp3) is 0.182. The first kappa shape index (κ1) is 20.5. The van der Waals surface area contributed by atoms with E-state index in [0.717, 1.165) is 11.1 Å². The summed E-state index contributed by atoms with van der Waals surface area (Å²) in [5.41, 5.74) is 2.72. The Bertz CT molecular complexity index is 1060. The van der Waals surface area contributed by atoms with Gasteiger partial charge in [0.15, 0.2) is 0 Å². The van der Waals surface area contributed by atoms with Crippen LogP contribution in [-0.4, -0.2) is 20.3 Å². The van der Waals surface area contributed by atoms with E-state index in [1.54, 1.807) is 31.2 Å². The molecule has 0 aromatic heterocycles. The predicted molar refractivity (Wildman–Crippen MR) is 110 cm³/mol. The first-order valence-electron chi connectivity index (χ1n) is 9.10. The average molecular weight is 411 g/mol. The molecule has 2 aromatic rings. The quantitative estimate of drug-likeness (QED) is 0.557. The van der Waals surface area contributed by atoms with Crippen LogP contribution in [0.15, 0.2) is 73.5 Å². The maximum Gasteiger partial charge on any atom is 0.322 e. The maximum atomic E-state index is 12.5. The van der Waals surface area contributed by atoms with Gasteiger partial charge in [0.05, 0.1) is 6.26 Å². The summed E-state index contributed by atoms with van der Waals surface area (Å²) in [7, 11) is -3.94. The summed E-state index contributed by atoms with van der Waals surface area (Å²) in [5.74, 6) is -1.47. The molecule has 1 N–H and O–H groups in total. The summed E-state index contributed by atoms with van der Waals surface area (Å²) >= 11 is 0. The molecule has 0 saturated heterocycles. The molecule has 1 aliphatic rings. The van der Waals surface area contributed by atoms with E-state index in [9.17, 15) is 18.0 Å². The molecule has 0 bridgehead atoms. The number of amides is 1. The van der Waals surface area contributed by atoms with Crippen LogP contribution < -0.4 is 4.72 Å². The van der Waals surface area contributed by atoms with Crippen LogP contribution in [0.3, 0.4) is 0 Å². The van der Waals surface area contributed by atoms with Crippen LogP contribution in [0.2, 0.25) is 0 Å². The number of esters is 1. The molecule has 29 heavy (non-hydrogen) atoms. The molecular weight excluding hydrogens is 390 g/mol. The number of hydrogen-bond donors (Lipinski definition) is 1. The number of hydrogen-bond acceptors (Lipinski definition) is 5. The highest BCUT2D eigenvalue weighted by molar-refractivity contribution is 7.90. The lowest BCUT2D eigenvalue weighted by atomic mass is 9.88. The van der Waals surface area contributed by atoms with Gasteiger partial charge in [0, 0.05) is 12.0 Å². The van der Waals surface area contributed by atoms with Gasteiger partial charge in [0.2, 0.25) is 15.9 Å². The number of carbonyl (C=O) groups excluding carboxylic acids is 2. The van der Waals surface area contributed by atoms with Gasteiger partial charge in [0.25, 0.3) is 0 Å². The third-order valence-electron chi connectivity index (χ3n) is 4.68. The summed E-state index contributed by atoms with van der Waals surface area (Å²) in [5, 5.41) is -1.08. The van der Waals surface area contributed by atoms with E-state index in [1.807, 2.05) is 35.1 Å². The smallest absolute Gasteiger partial charge is 0.322 e. The summed E-state index contributed by atoms with van der Waals surface area (Å²) in [6.07, 6.45) is 2.76. The zero-order chi connectivity index (χ0) is 21.0. The van der Waals surface area contributed by atoms with Gasteiger partial charge in [-0.1, -0.05) is 67.6 Å². The summed E-state index contributed by atoms with van der Waals surface area (Å²) < 4.78 is 32.1. The molecule has 2 aromatic carbocycles. The second kappa shape index (κ2) is 8.45. The largest absolute Gasteiger partial charge is 0.433 e. The zero-order valence-electron chi connectivity index (χ0n) is 15.9. The van der Waals surface area contributed by atoms with Crippen LogP contribution in [0.25, 0.3) is 5.57 Å². The number of nitrogens with one attached hydrogen (secondary N) is 1. The van der Waals surface area contributed by atoms with Crippen molar-refractivity contribution in [3.63, 3.8) is 0 Å². The Kier molecular flexibility index (Phi) is 5.98. The van der Waals surface area contributed by atoms with E-state index in [2.05, 4.69) is 6.58 Å².